The van der Waals surface area contributed by atoms with E-state index in [1.54, 1.807) is 37.3 Å². The predicted molar refractivity (Wildman–Crippen MR) is 123 cm³/mol. The van der Waals surface area contributed by atoms with Gasteiger partial charge in [0.1, 0.15) is 0 Å². The first-order valence-corrected chi connectivity index (χ1v) is 10.9. The summed E-state index contributed by atoms with van der Waals surface area (Å²) in [6.45, 7) is 1.71. The second-order valence-electron chi connectivity index (χ2n) is 6.67. The number of methoxy groups -OCH3 is 1. The van der Waals surface area contributed by atoms with Crippen LogP contribution in [0.15, 0.2) is 39.9 Å². The molecule has 2 amide bonds. The molecule has 34 heavy (non-hydrogen) atoms. The van der Waals surface area contributed by atoms with Gasteiger partial charge in [-0.1, -0.05) is 0 Å². The van der Waals surface area contributed by atoms with Gasteiger partial charge in [-0.3, -0.25) is 9.59 Å². The molecule has 180 valence electrons. The van der Waals surface area contributed by atoms with Gasteiger partial charge in [0.25, 0.3) is 11.8 Å². The Morgan fingerprint density at radius 2 is 1.94 bits per heavy atom. The van der Waals surface area contributed by atoms with Crippen LogP contribution in [0.5, 0.6) is 23.0 Å². The summed E-state index contributed by atoms with van der Waals surface area (Å²) in [4.78, 5) is 35.6. The zero-order chi connectivity index (χ0) is 24.5. The first-order valence-electron chi connectivity index (χ1n) is 10.1. The van der Waals surface area contributed by atoms with Gasteiger partial charge in [-0.2, -0.15) is 5.10 Å². The number of nitrogens with one attached hydrogen (secondary N) is 2. The highest BCUT2D eigenvalue weighted by Gasteiger charge is 2.17. The molecule has 1 heterocycles. The Kier molecular flexibility index (Phi) is 8.68. The van der Waals surface area contributed by atoms with Crippen molar-refractivity contribution >= 4 is 39.9 Å². The van der Waals surface area contributed by atoms with Crippen molar-refractivity contribution in [3.8, 4) is 23.0 Å². The fourth-order valence-electron chi connectivity index (χ4n) is 2.77. The maximum atomic E-state index is 12.2. The van der Waals surface area contributed by atoms with Gasteiger partial charge in [0.2, 0.25) is 6.79 Å². The van der Waals surface area contributed by atoms with E-state index in [2.05, 4.69) is 36.5 Å². The number of nitrogens with zero attached hydrogens (tertiary/aromatic N) is 1. The van der Waals surface area contributed by atoms with Crippen molar-refractivity contribution in [2.24, 2.45) is 5.10 Å². The lowest BCUT2D eigenvalue weighted by molar-refractivity contribution is -0.143. The molecule has 0 aromatic heterocycles. The number of carbonyl (C=O) groups is 3. The number of carbonyl (C=O) groups excluding carboxylic acids is 3. The molecule has 0 spiro atoms. The number of rotatable bonds is 10. The van der Waals surface area contributed by atoms with Crippen LogP contribution in [0.1, 0.15) is 22.8 Å². The summed E-state index contributed by atoms with van der Waals surface area (Å²) in [5.74, 6) is 0.252. The Morgan fingerprint density at radius 3 is 2.71 bits per heavy atom. The number of amides is 2. The molecule has 2 aromatic carbocycles. The minimum Gasteiger partial charge on any atom is -0.490 e. The summed E-state index contributed by atoms with van der Waals surface area (Å²) in [5.41, 5.74) is 3.26. The van der Waals surface area contributed by atoms with E-state index in [4.69, 9.17) is 18.9 Å². The van der Waals surface area contributed by atoms with Crippen LogP contribution in [0.25, 0.3) is 0 Å². The Labute approximate surface area is 203 Å². The quantitative estimate of drug-likeness (QED) is 0.268. The van der Waals surface area contributed by atoms with Crippen LogP contribution in [0, 0.1) is 0 Å². The molecule has 0 radical (unpaired) electrons. The largest absolute Gasteiger partial charge is 0.490 e. The van der Waals surface area contributed by atoms with Crippen molar-refractivity contribution < 1.29 is 38.1 Å². The molecule has 2 aromatic rings. The number of hydrogen-bond donors (Lipinski definition) is 2. The molecule has 12 heteroatoms. The van der Waals surface area contributed by atoms with Crippen molar-refractivity contribution in [3.05, 3.63) is 45.9 Å². The highest BCUT2D eigenvalue weighted by Crippen LogP contribution is 2.36. The molecule has 0 aliphatic carbocycles. The zero-order valence-electron chi connectivity index (χ0n) is 18.4. The Morgan fingerprint density at radius 1 is 1.15 bits per heavy atom. The van der Waals surface area contributed by atoms with Crippen molar-refractivity contribution in [1.29, 1.82) is 0 Å². The third kappa shape index (κ3) is 6.61. The molecular weight excluding hydrogens is 514 g/mol. The Bertz CT molecular complexity index is 1110. The first kappa shape index (κ1) is 24.8. The molecule has 1 aliphatic heterocycles. The molecule has 0 saturated carbocycles. The summed E-state index contributed by atoms with van der Waals surface area (Å²) >= 11 is 3.37. The average Bonchev–Trinajstić information content (AvgIpc) is 3.30. The Hall–Kier alpha value is -3.80. The normalized spacial score (nSPS) is 11.7. The van der Waals surface area contributed by atoms with Gasteiger partial charge in [-0.25, -0.2) is 10.2 Å². The van der Waals surface area contributed by atoms with E-state index in [1.807, 2.05) is 0 Å². The van der Waals surface area contributed by atoms with Crippen LogP contribution >= 0.6 is 15.9 Å². The number of esters is 1. The second-order valence-corrected chi connectivity index (χ2v) is 7.53. The van der Waals surface area contributed by atoms with Crippen LogP contribution in [0.2, 0.25) is 0 Å². The maximum Gasteiger partial charge on any atom is 0.343 e. The van der Waals surface area contributed by atoms with Gasteiger partial charge in [-0.05, 0) is 58.7 Å². The molecule has 11 nitrogen and oxygen atoms in total. The summed E-state index contributed by atoms with van der Waals surface area (Å²) in [7, 11) is 1.26. The van der Waals surface area contributed by atoms with Crippen molar-refractivity contribution in [3.63, 3.8) is 0 Å². The lowest BCUT2D eigenvalue weighted by Gasteiger charge is -2.13. The van der Waals surface area contributed by atoms with Crippen LogP contribution in [-0.4, -0.2) is 57.7 Å². The second kappa shape index (κ2) is 11.9. The van der Waals surface area contributed by atoms with Crippen LogP contribution in [0.4, 0.5) is 0 Å². The summed E-state index contributed by atoms with van der Waals surface area (Å²) in [5, 5.41) is 6.40. The lowest BCUT2D eigenvalue weighted by atomic mass is 10.2. The molecule has 0 saturated heterocycles. The summed E-state index contributed by atoms with van der Waals surface area (Å²) < 4.78 is 26.6. The smallest absolute Gasteiger partial charge is 0.343 e. The van der Waals surface area contributed by atoms with Gasteiger partial charge in [0, 0.05) is 5.56 Å². The SMILES string of the molecule is CCOc1cc(/C=N/NC(=O)CNC(=O)c2ccc3c(c2)OCO3)cc(Br)c1OCC(=O)OC. The number of fused-ring (bicyclic) bond motifs is 1. The molecule has 0 unspecified atom stereocenters. The van der Waals surface area contributed by atoms with Gasteiger partial charge < -0.3 is 29.0 Å². The van der Waals surface area contributed by atoms with E-state index in [-0.39, 0.29) is 19.9 Å². The molecule has 1 aliphatic rings. The average molecular weight is 536 g/mol. The van der Waals surface area contributed by atoms with E-state index in [1.165, 1.54) is 13.3 Å². The third-order valence-corrected chi connectivity index (χ3v) is 4.93. The molecule has 2 N–H and O–H groups in total. The van der Waals surface area contributed by atoms with Crippen molar-refractivity contribution in [2.75, 3.05) is 33.7 Å². The van der Waals surface area contributed by atoms with E-state index in [0.717, 1.165) is 0 Å². The van der Waals surface area contributed by atoms with Gasteiger partial charge in [0.05, 0.1) is 30.9 Å². The number of halogens is 1. The predicted octanol–water partition coefficient (Wildman–Crippen LogP) is 2.01. The van der Waals surface area contributed by atoms with Crippen LogP contribution in [0.3, 0.4) is 0 Å². The van der Waals surface area contributed by atoms with E-state index >= 15 is 0 Å². The molecule has 0 bridgehead atoms. The topological polar surface area (TPSA) is 134 Å². The van der Waals surface area contributed by atoms with Gasteiger partial charge in [-0.15, -0.1) is 0 Å². The van der Waals surface area contributed by atoms with Gasteiger partial charge >= 0.3 is 5.97 Å². The zero-order valence-corrected chi connectivity index (χ0v) is 20.0. The highest BCUT2D eigenvalue weighted by atomic mass is 79.9. The summed E-state index contributed by atoms with van der Waals surface area (Å²) in [6, 6.07) is 8.05. The third-order valence-electron chi connectivity index (χ3n) is 4.34. The van der Waals surface area contributed by atoms with E-state index in [9.17, 15) is 14.4 Å². The fraction of sp³-hybridized carbons (Fsp3) is 0.273. The molecule has 3 rings (SSSR count). The minimum absolute atomic E-state index is 0.104. The standard InChI is InChI=1S/C22H22BrN3O8/c1-3-31-18-7-13(6-15(23)21(18)32-11-20(28)30-2)9-25-26-19(27)10-24-22(29)14-4-5-16-17(8-14)34-12-33-16/h4-9H,3,10-12H2,1-2H3,(H,24,29)(H,26,27)/b25-9+. The fourth-order valence-corrected chi connectivity index (χ4v) is 3.35. The van der Waals surface area contributed by atoms with Crippen molar-refractivity contribution in [2.45, 2.75) is 6.92 Å². The van der Waals surface area contributed by atoms with E-state index in [0.29, 0.717) is 45.2 Å². The highest BCUT2D eigenvalue weighted by molar-refractivity contribution is 9.10. The first-order chi connectivity index (χ1) is 16.4. The number of ether oxygens (including phenoxy) is 5. The summed E-state index contributed by atoms with van der Waals surface area (Å²) in [6.07, 6.45) is 1.40. The van der Waals surface area contributed by atoms with Crippen LogP contribution < -0.4 is 29.7 Å². The number of benzene rings is 2. The Balaban J connectivity index is 1.54. The number of hydrazone groups is 1. The lowest BCUT2D eigenvalue weighted by Crippen LogP contribution is -2.34. The maximum absolute atomic E-state index is 12.2. The number of hydrogen-bond acceptors (Lipinski definition) is 9. The molecule has 0 fully saturated rings. The monoisotopic (exact) mass is 535 g/mol. The molecule has 0 atom stereocenters. The minimum atomic E-state index is -0.534. The van der Waals surface area contributed by atoms with Crippen LogP contribution in [-0.2, 0) is 14.3 Å². The van der Waals surface area contributed by atoms with Gasteiger partial charge in [0.15, 0.2) is 29.6 Å². The van der Waals surface area contributed by atoms with Crippen molar-refractivity contribution in [1.82, 2.24) is 10.7 Å². The van der Waals surface area contributed by atoms with E-state index < -0.39 is 17.8 Å². The molecular formula is C22H22BrN3O8.